The van der Waals surface area contributed by atoms with Crippen LogP contribution in [0.25, 0.3) is 0 Å². The molecule has 0 rings (SSSR count). The molecule has 1 heteroatoms. The van der Waals surface area contributed by atoms with Crippen molar-refractivity contribution in [3.8, 4) is 0 Å². The van der Waals surface area contributed by atoms with Gasteiger partial charge in [-0.25, -0.2) is 0 Å². The maximum absolute atomic E-state index is 4.83. The van der Waals surface area contributed by atoms with E-state index in [0.717, 1.165) is 13.2 Å². The van der Waals surface area contributed by atoms with Crippen molar-refractivity contribution >= 4 is 0 Å². The van der Waals surface area contributed by atoms with Gasteiger partial charge in [0.25, 0.3) is 0 Å². The van der Waals surface area contributed by atoms with Crippen molar-refractivity contribution in [2.45, 2.75) is 27.7 Å². The second kappa shape index (κ2) is 34.1. The second-order valence-electron chi connectivity index (χ2n) is 1.60. The first kappa shape index (κ1) is 16.8. The summed E-state index contributed by atoms with van der Waals surface area (Å²) in [7, 11) is 0. The Labute approximate surface area is 71.8 Å². The Hall–Kier alpha value is -0.560. The molecule has 0 aliphatic carbocycles. The molecule has 0 N–H and O–H groups in total. The van der Waals surface area contributed by atoms with Gasteiger partial charge in [0, 0.05) is 13.2 Å². The van der Waals surface area contributed by atoms with Crippen molar-refractivity contribution in [2.75, 3.05) is 13.2 Å². The van der Waals surface area contributed by atoms with Crippen LogP contribution in [0.3, 0.4) is 0 Å². The zero-order valence-electron chi connectivity index (χ0n) is 8.39. The second-order valence-corrected chi connectivity index (χ2v) is 1.60. The Morgan fingerprint density at radius 1 is 1.00 bits per heavy atom. The first-order valence-electron chi connectivity index (χ1n) is 3.96. The van der Waals surface area contributed by atoms with E-state index in [0.29, 0.717) is 0 Å². The highest BCUT2D eigenvalue weighted by Gasteiger charge is 1.64. The molecule has 0 heterocycles. The average molecular weight is 158 g/mol. The van der Waals surface area contributed by atoms with Crippen molar-refractivity contribution < 1.29 is 4.74 Å². The van der Waals surface area contributed by atoms with Gasteiger partial charge in [-0.05, 0) is 27.7 Å². The molecule has 0 bridgehead atoms. The number of hydrogen-bond acceptors (Lipinski definition) is 1. The van der Waals surface area contributed by atoms with Crippen LogP contribution in [0.15, 0.2) is 25.3 Å². The molecule has 0 spiro atoms. The summed E-state index contributed by atoms with van der Waals surface area (Å²) in [4.78, 5) is 0. The summed E-state index contributed by atoms with van der Waals surface area (Å²) in [6.07, 6.45) is 3.50. The summed E-state index contributed by atoms with van der Waals surface area (Å²) in [5.74, 6) is 0. The normalized spacial score (nSPS) is 6.18. The van der Waals surface area contributed by atoms with Gasteiger partial charge >= 0.3 is 0 Å². The lowest BCUT2D eigenvalue weighted by Crippen LogP contribution is -1.84. The number of hydrogen-bond donors (Lipinski definition) is 0. The van der Waals surface area contributed by atoms with Crippen LogP contribution in [0.2, 0.25) is 0 Å². The third kappa shape index (κ3) is 252. The van der Waals surface area contributed by atoms with Gasteiger partial charge in [-0.3, -0.25) is 0 Å². The lowest BCUT2D eigenvalue weighted by atomic mass is 10.8. The minimum absolute atomic E-state index is 0.844. The van der Waals surface area contributed by atoms with Crippen molar-refractivity contribution in [1.82, 2.24) is 0 Å². The van der Waals surface area contributed by atoms with E-state index in [2.05, 4.69) is 13.2 Å². The van der Waals surface area contributed by atoms with Crippen LogP contribution >= 0.6 is 0 Å². The van der Waals surface area contributed by atoms with Crippen molar-refractivity contribution in [3.63, 3.8) is 0 Å². The van der Waals surface area contributed by atoms with Gasteiger partial charge in [0.1, 0.15) is 0 Å². The van der Waals surface area contributed by atoms with Crippen molar-refractivity contribution in [2.24, 2.45) is 0 Å². The third-order valence-corrected chi connectivity index (χ3v) is 0.408. The smallest absolute Gasteiger partial charge is 0.0437 e. The van der Waals surface area contributed by atoms with Gasteiger partial charge in [-0.2, -0.15) is 0 Å². The quantitative estimate of drug-likeness (QED) is 0.559. The van der Waals surface area contributed by atoms with E-state index in [1.807, 2.05) is 27.7 Å². The Balaban J connectivity index is -0.0000000933. The molecule has 0 aromatic rings. The zero-order valence-corrected chi connectivity index (χ0v) is 8.39. The summed E-state index contributed by atoms with van der Waals surface area (Å²) in [5.41, 5.74) is 0. The van der Waals surface area contributed by atoms with Crippen LogP contribution < -0.4 is 0 Å². The molecule has 0 amide bonds. The van der Waals surface area contributed by atoms with E-state index in [1.165, 1.54) is 0 Å². The lowest BCUT2D eigenvalue weighted by Gasteiger charge is -1.86. The topological polar surface area (TPSA) is 9.23 Å². The first-order chi connectivity index (χ1) is 5.24. The van der Waals surface area contributed by atoms with E-state index >= 15 is 0 Å². The lowest BCUT2D eigenvalue weighted by molar-refractivity contribution is 0.162. The van der Waals surface area contributed by atoms with E-state index in [9.17, 15) is 0 Å². The molecule has 0 aliphatic heterocycles. The molecule has 0 radical (unpaired) electrons. The fourth-order valence-electron chi connectivity index (χ4n) is 0.204. The van der Waals surface area contributed by atoms with Crippen LogP contribution in [-0.4, -0.2) is 13.2 Å². The predicted octanol–water partition coefficient (Wildman–Crippen LogP) is 3.43. The Kier molecular flexibility index (Phi) is 52.1. The summed E-state index contributed by atoms with van der Waals surface area (Å²) in [6.45, 7) is 16.2. The SMILES string of the molecule is C=CC.C=CC.CCOCC. The highest BCUT2D eigenvalue weighted by atomic mass is 16.5. The molecule has 0 saturated carbocycles. The molecule has 0 fully saturated rings. The first-order valence-corrected chi connectivity index (χ1v) is 3.96. The molecule has 0 aromatic carbocycles. The van der Waals surface area contributed by atoms with E-state index < -0.39 is 0 Å². The fraction of sp³-hybridized carbons (Fsp3) is 0.600. The highest BCUT2D eigenvalue weighted by molar-refractivity contribution is 4.51. The summed E-state index contributed by atoms with van der Waals surface area (Å²) in [5, 5.41) is 0. The van der Waals surface area contributed by atoms with Gasteiger partial charge in [-0.1, -0.05) is 12.2 Å². The Bertz CT molecular complexity index is 49.9. The van der Waals surface area contributed by atoms with Crippen LogP contribution in [0.1, 0.15) is 27.7 Å². The van der Waals surface area contributed by atoms with Gasteiger partial charge < -0.3 is 4.74 Å². The molecular weight excluding hydrogens is 136 g/mol. The molecule has 11 heavy (non-hydrogen) atoms. The zero-order chi connectivity index (χ0) is 9.54. The minimum Gasteiger partial charge on any atom is -0.382 e. The van der Waals surface area contributed by atoms with Crippen molar-refractivity contribution in [3.05, 3.63) is 25.3 Å². The van der Waals surface area contributed by atoms with Crippen LogP contribution in [0.4, 0.5) is 0 Å². The van der Waals surface area contributed by atoms with Crippen LogP contribution in [0.5, 0.6) is 0 Å². The van der Waals surface area contributed by atoms with E-state index in [1.54, 1.807) is 12.2 Å². The summed E-state index contributed by atoms with van der Waals surface area (Å²) < 4.78 is 4.83. The minimum atomic E-state index is 0.844. The summed E-state index contributed by atoms with van der Waals surface area (Å²) in [6, 6.07) is 0. The molecule has 0 aliphatic rings. The molecule has 1 nitrogen and oxygen atoms in total. The molecular formula is C10H22O. The molecule has 68 valence electrons. The average Bonchev–Trinajstić information content (AvgIpc) is 1.92. The van der Waals surface area contributed by atoms with Crippen LogP contribution in [-0.2, 0) is 4.74 Å². The number of ether oxygens (including phenoxy) is 1. The maximum Gasteiger partial charge on any atom is 0.0437 e. The monoisotopic (exact) mass is 158 g/mol. The van der Waals surface area contributed by atoms with Crippen molar-refractivity contribution in [1.29, 1.82) is 0 Å². The molecule has 0 atom stereocenters. The van der Waals surface area contributed by atoms with Gasteiger partial charge in [0.05, 0.1) is 0 Å². The standard InChI is InChI=1S/C4H10O.2C3H6/c1-3-5-4-2;2*1-3-2/h3-4H2,1-2H3;2*3H,1H2,2H3. The van der Waals surface area contributed by atoms with Crippen LogP contribution in [0, 0.1) is 0 Å². The largest absolute Gasteiger partial charge is 0.382 e. The Morgan fingerprint density at radius 2 is 1.18 bits per heavy atom. The van der Waals surface area contributed by atoms with E-state index in [-0.39, 0.29) is 0 Å². The predicted molar refractivity (Wildman–Crippen MR) is 53.9 cm³/mol. The Morgan fingerprint density at radius 3 is 1.18 bits per heavy atom. The van der Waals surface area contributed by atoms with Gasteiger partial charge in [0.15, 0.2) is 0 Å². The fourth-order valence-corrected chi connectivity index (χ4v) is 0.204. The molecule has 0 aromatic heterocycles. The van der Waals surface area contributed by atoms with Gasteiger partial charge in [-0.15, -0.1) is 13.2 Å². The van der Waals surface area contributed by atoms with Gasteiger partial charge in [0.2, 0.25) is 0 Å². The summed E-state index contributed by atoms with van der Waals surface area (Å²) >= 11 is 0. The maximum atomic E-state index is 4.83. The third-order valence-electron chi connectivity index (χ3n) is 0.408. The number of rotatable bonds is 2. The molecule has 0 saturated heterocycles. The van der Waals surface area contributed by atoms with E-state index in [4.69, 9.17) is 4.74 Å². The number of allylic oxidation sites excluding steroid dienone is 2. The highest BCUT2D eigenvalue weighted by Crippen LogP contribution is 1.64. The molecule has 0 unspecified atom stereocenters.